The van der Waals surface area contributed by atoms with Crippen LogP contribution in [0.1, 0.15) is 17.3 Å². The van der Waals surface area contributed by atoms with Gasteiger partial charge in [-0.1, -0.05) is 133 Å². The molecule has 0 aliphatic rings. The fraction of sp³-hybridized carbons (Fsp3) is 0.0222. The molecular weight excluding hydrogens is 611 g/mol. The summed E-state index contributed by atoms with van der Waals surface area (Å²) in [6, 6.07) is 61.2. The lowest BCUT2D eigenvalue weighted by atomic mass is 10.0. The summed E-state index contributed by atoms with van der Waals surface area (Å²) >= 11 is 0. The van der Waals surface area contributed by atoms with Crippen LogP contribution >= 0.6 is 0 Å². The zero-order chi connectivity index (χ0) is 33.4. The molecule has 0 saturated carbocycles. The van der Waals surface area contributed by atoms with E-state index in [1.165, 1.54) is 32.6 Å². The molecule has 1 atom stereocenters. The van der Waals surface area contributed by atoms with Crippen molar-refractivity contribution < 1.29 is 0 Å². The second-order valence-electron chi connectivity index (χ2n) is 12.5. The van der Waals surface area contributed by atoms with E-state index in [1.54, 1.807) is 0 Å². The van der Waals surface area contributed by atoms with Gasteiger partial charge >= 0.3 is 0 Å². The van der Waals surface area contributed by atoms with Gasteiger partial charge in [0.2, 0.25) is 0 Å². The first-order valence-corrected chi connectivity index (χ1v) is 16.8. The van der Waals surface area contributed by atoms with E-state index in [4.69, 9.17) is 15.7 Å². The zero-order valence-corrected chi connectivity index (χ0v) is 27.3. The highest BCUT2D eigenvalue weighted by Crippen LogP contribution is 2.37. The van der Waals surface area contributed by atoms with Gasteiger partial charge in [-0.25, -0.2) is 9.98 Å². The van der Waals surface area contributed by atoms with Crippen LogP contribution in [0.3, 0.4) is 0 Å². The lowest BCUT2D eigenvalue weighted by Gasteiger charge is -2.11. The third kappa shape index (κ3) is 5.13. The molecule has 0 aliphatic heterocycles. The summed E-state index contributed by atoms with van der Waals surface area (Å²) < 4.78 is 4.53. The maximum atomic E-state index is 6.52. The average molecular weight is 644 g/mol. The van der Waals surface area contributed by atoms with Crippen molar-refractivity contribution in [3.8, 4) is 16.8 Å². The first-order valence-electron chi connectivity index (χ1n) is 16.8. The lowest BCUT2D eigenvalue weighted by molar-refractivity contribution is 0.777. The number of amidine groups is 1. The highest BCUT2D eigenvalue weighted by Gasteiger charge is 2.16. The molecule has 0 aliphatic carbocycles. The van der Waals surface area contributed by atoms with E-state index in [0.717, 1.165) is 39.0 Å². The van der Waals surface area contributed by atoms with E-state index < -0.39 is 6.17 Å². The fourth-order valence-electron chi connectivity index (χ4n) is 7.08. The molecule has 0 bridgehead atoms. The molecule has 0 radical (unpaired) electrons. The second-order valence-corrected chi connectivity index (χ2v) is 12.5. The van der Waals surface area contributed by atoms with Crippen LogP contribution in [-0.2, 0) is 0 Å². The van der Waals surface area contributed by atoms with Crippen LogP contribution in [0.2, 0.25) is 0 Å². The molecular formula is C45H33N5. The van der Waals surface area contributed by atoms with Crippen LogP contribution in [0.4, 0.5) is 0 Å². The van der Waals surface area contributed by atoms with E-state index in [2.05, 4.69) is 124 Å². The van der Waals surface area contributed by atoms with Crippen molar-refractivity contribution in [2.75, 3.05) is 0 Å². The SMILES string of the molecule is N/C(=N\C(/N=C/n1c2ccccc2c2ccc(-c3ccc4c(c3)c3ccccc3n4-c3ccccc3)cc21)c1ccccc1)c1ccccc1. The molecule has 7 aromatic carbocycles. The minimum Gasteiger partial charge on any atom is -0.383 e. The number of para-hydroxylation sites is 3. The van der Waals surface area contributed by atoms with E-state index in [-0.39, 0.29) is 0 Å². The van der Waals surface area contributed by atoms with Gasteiger partial charge in [-0.3, -0.25) is 0 Å². The van der Waals surface area contributed by atoms with Crippen molar-refractivity contribution in [3.63, 3.8) is 0 Å². The van der Waals surface area contributed by atoms with Gasteiger partial charge in [-0.2, -0.15) is 0 Å². The van der Waals surface area contributed by atoms with Gasteiger partial charge < -0.3 is 14.9 Å². The normalized spacial score (nSPS) is 12.8. The fourth-order valence-corrected chi connectivity index (χ4v) is 7.08. The van der Waals surface area contributed by atoms with Gasteiger partial charge in [0.15, 0.2) is 6.17 Å². The van der Waals surface area contributed by atoms with Crippen molar-refractivity contribution >= 4 is 55.8 Å². The number of hydrogen-bond acceptors (Lipinski definition) is 2. The average Bonchev–Trinajstić information content (AvgIpc) is 3.69. The number of rotatable bonds is 7. The Morgan fingerprint density at radius 3 is 1.82 bits per heavy atom. The third-order valence-corrected chi connectivity index (χ3v) is 9.48. The van der Waals surface area contributed by atoms with E-state index in [9.17, 15) is 0 Å². The highest BCUT2D eigenvalue weighted by molar-refractivity contribution is 6.13. The van der Waals surface area contributed by atoms with Gasteiger partial charge in [0.25, 0.3) is 0 Å². The monoisotopic (exact) mass is 643 g/mol. The molecule has 9 aromatic rings. The van der Waals surface area contributed by atoms with Crippen molar-refractivity contribution in [2.45, 2.75) is 6.17 Å². The minimum atomic E-state index is -0.514. The molecule has 50 heavy (non-hydrogen) atoms. The second kappa shape index (κ2) is 12.4. The number of nitrogens with zero attached hydrogens (tertiary/aromatic N) is 4. The molecule has 0 spiro atoms. The Bertz CT molecular complexity index is 2700. The van der Waals surface area contributed by atoms with E-state index >= 15 is 0 Å². The van der Waals surface area contributed by atoms with Crippen LogP contribution < -0.4 is 5.73 Å². The summed E-state index contributed by atoms with van der Waals surface area (Å²) in [5, 5.41) is 4.80. The minimum absolute atomic E-state index is 0.449. The Balaban J connectivity index is 1.18. The number of aromatic nitrogens is 2. The number of nitrogens with two attached hydrogens (primary N) is 1. The predicted molar refractivity (Wildman–Crippen MR) is 209 cm³/mol. The quantitative estimate of drug-likeness (QED) is 0.136. The van der Waals surface area contributed by atoms with Crippen molar-refractivity contribution in [1.82, 2.24) is 9.13 Å². The molecule has 9 rings (SSSR count). The molecule has 5 heteroatoms. The number of hydrogen-bond donors (Lipinski definition) is 1. The molecule has 2 aromatic heterocycles. The molecule has 2 N–H and O–H groups in total. The van der Waals surface area contributed by atoms with E-state index in [0.29, 0.717) is 5.84 Å². The Morgan fingerprint density at radius 2 is 1.06 bits per heavy atom. The van der Waals surface area contributed by atoms with Crippen LogP contribution in [0.5, 0.6) is 0 Å². The third-order valence-electron chi connectivity index (χ3n) is 9.48. The first-order chi connectivity index (χ1) is 24.7. The molecule has 0 amide bonds. The lowest BCUT2D eigenvalue weighted by Crippen LogP contribution is -2.15. The van der Waals surface area contributed by atoms with Crippen LogP contribution in [-0.4, -0.2) is 21.3 Å². The van der Waals surface area contributed by atoms with E-state index in [1.807, 2.05) is 67.0 Å². The maximum absolute atomic E-state index is 6.52. The van der Waals surface area contributed by atoms with Gasteiger partial charge in [0, 0.05) is 32.8 Å². The summed E-state index contributed by atoms with van der Waals surface area (Å²) in [6.07, 6.45) is 1.39. The Kier molecular flexibility index (Phi) is 7.29. The van der Waals surface area contributed by atoms with Crippen LogP contribution in [0, 0.1) is 0 Å². The van der Waals surface area contributed by atoms with Crippen LogP contribution in [0.25, 0.3) is 60.4 Å². The van der Waals surface area contributed by atoms with Crippen molar-refractivity contribution in [1.29, 1.82) is 0 Å². The highest BCUT2D eigenvalue weighted by atomic mass is 15.1. The summed E-state index contributed by atoms with van der Waals surface area (Å²) in [7, 11) is 0. The summed E-state index contributed by atoms with van der Waals surface area (Å²) in [6.45, 7) is 0. The summed E-state index contributed by atoms with van der Waals surface area (Å²) in [4.78, 5) is 9.98. The standard InChI is InChI=1S/C45H33N5/c46-44(31-14-4-1-5-15-31)48-45(32-16-6-2-7-17-32)47-30-49-40-22-12-10-20-36(40)38-26-24-34(29-43(38)49)33-25-27-42-39(28-33)37-21-11-13-23-41(37)50(42)35-18-8-3-9-19-35/h1-30,45H,(H2,46,48)/b47-30+. The van der Waals surface area contributed by atoms with Crippen molar-refractivity contribution in [2.24, 2.45) is 15.7 Å². The number of fused-ring (bicyclic) bond motifs is 6. The molecule has 1 unspecified atom stereocenters. The Hall–Kier alpha value is -6.72. The zero-order valence-electron chi connectivity index (χ0n) is 27.3. The molecule has 5 nitrogen and oxygen atoms in total. The Morgan fingerprint density at radius 1 is 0.500 bits per heavy atom. The summed E-state index contributed by atoms with van der Waals surface area (Å²) in [5.74, 6) is 0.449. The summed E-state index contributed by atoms with van der Waals surface area (Å²) in [5.41, 5.74) is 16.3. The Labute approximate surface area is 289 Å². The predicted octanol–water partition coefficient (Wildman–Crippen LogP) is 10.5. The molecule has 238 valence electrons. The van der Waals surface area contributed by atoms with Crippen molar-refractivity contribution in [3.05, 3.63) is 187 Å². The number of aliphatic imine (C=N–C) groups is 2. The number of benzene rings is 7. The molecule has 2 heterocycles. The van der Waals surface area contributed by atoms with Gasteiger partial charge in [0.1, 0.15) is 5.84 Å². The van der Waals surface area contributed by atoms with Crippen LogP contribution in [0.15, 0.2) is 186 Å². The first kappa shape index (κ1) is 29.4. The molecule has 0 saturated heterocycles. The van der Waals surface area contributed by atoms with Gasteiger partial charge in [-0.15, -0.1) is 0 Å². The smallest absolute Gasteiger partial charge is 0.169 e. The largest absolute Gasteiger partial charge is 0.383 e. The van der Waals surface area contributed by atoms with Gasteiger partial charge in [0.05, 0.1) is 28.4 Å². The maximum Gasteiger partial charge on any atom is 0.169 e. The topological polar surface area (TPSA) is 60.6 Å². The van der Waals surface area contributed by atoms with Gasteiger partial charge in [-0.05, 0) is 59.2 Å². The molecule has 0 fully saturated rings.